The molecule has 0 radical (unpaired) electrons. The molecule has 6 nitrogen and oxygen atoms in total. The summed E-state index contributed by atoms with van der Waals surface area (Å²) in [7, 11) is -2.59. The van der Waals surface area contributed by atoms with Crippen LogP contribution < -0.4 is 9.46 Å². The van der Waals surface area contributed by atoms with Crippen LogP contribution in [0.2, 0.25) is 0 Å². The van der Waals surface area contributed by atoms with Gasteiger partial charge in [0.1, 0.15) is 22.8 Å². The van der Waals surface area contributed by atoms with E-state index in [1.165, 1.54) is 19.5 Å². The number of halogens is 1. The minimum Gasteiger partial charge on any atom is -0.495 e. The van der Waals surface area contributed by atoms with Crippen LogP contribution in [0, 0.1) is 12.7 Å². The molecule has 0 saturated heterocycles. The molecule has 21 heavy (non-hydrogen) atoms. The first-order chi connectivity index (χ1) is 9.92. The average Bonchev–Trinajstić information content (AvgIpc) is 2.45. The fraction of sp³-hybridized carbons (Fsp3) is 0.231. The van der Waals surface area contributed by atoms with Gasteiger partial charge in [-0.2, -0.15) is 0 Å². The van der Waals surface area contributed by atoms with E-state index in [4.69, 9.17) is 4.74 Å². The molecule has 2 rings (SSSR count). The molecular weight excluding hydrogens is 297 g/mol. The first-order valence-corrected chi connectivity index (χ1v) is 7.51. The molecule has 0 aliphatic carbocycles. The van der Waals surface area contributed by atoms with Crippen LogP contribution in [0.5, 0.6) is 5.75 Å². The van der Waals surface area contributed by atoms with Gasteiger partial charge >= 0.3 is 0 Å². The van der Waals surface area contributed by atoms with Gasteiger partial charge < -0.3 is 4.74 Å². The van der Waals surface area contributed by atoms with Crippen LogP contribution in [0.3, 0.4) is 0 Å². The fourth-order valence-electron chi connectivity index (χ4n) is 1.71. The highest BCUT2D eigenvalue weighted by atomic mass is 32.2. The third-order valence-corrected chi connectivity index (χ3v) is 4.14. The van der Waals surface area contributed by atoms with E-state index in [0.29, 0.717) is 5.69 Å². The molecule has 1 N–H and O–H groups in total. The van der Waals surface area contributed by atoms with E-state index < -0.39 is 15.8 Å². The molecule has 0 aliphatic heterocycles. The third-order valence-electron chi connectivity index (χ3n) is 2.72. The van der Waals surface area contributed by atoms with E-state index in [2.05, 4.69) is 14.7 Å². The maximum atomic E-state index is 13.3. The van der Waals surface area contributed by atoms with Crippen molar-refractivity contribution in [2.45, 2.75) is 18.4 Å². The van der Waals surface area contributed by atoms with Gasteiger partial charge in [0.05, 0.1) is 19.3 Å². The second kappa shape index (κ2) is 6.15. The van der Waals surface area contributed by atoms with Crippen molar-refractivity contribution in [2.75, 3.05) is 7.11 Å². The number of hydrogen-bond acceptors (Lipinski definition) is 5. The van der Waals surface area contributed by atoms with Crippen molar-refractivity contribution >= 4 is 10.0 Å². The quantitative estimate of drug-likeness (QED) is 0.903. The SMILES string of the molecule is COc1ccc(F)cc1S(=O)(=O)NCc1cc(C)ncn1. The Morgan fingerprint density at radius 3 is 2.71 bits per heavy atom. The van der Waals surface area contributed by atoms with Crippen molar-refractivity contribution in [1.29, 1.82) is 0 Å². The van der Waals surface area contributed by atoms with Gasteiger partial charge in [0.15, 0.2) is 0 Å². The van der Waals surface area contributed by atoms with E-state index in [1.54, 1.807) is 13.0 Å². The summed E-state index contributed by atoms with van der Waals surface area (Å²) in [4.78, 5) is 7.62. The number of nitrogens with zero attached hydrogens (tertiary/aromatic N) is 2. The molecular formula is C13H14FN3O3S. The Bertz CT molecular complexity index is 750. The lowest BCUT2D eigenvalue weighted by Gasteiger charge is -2.10. The zero-order chi connectivity index (χ0) is 15.5. The van der Waals surface area contributed by atoms with Crippen LogP contribution in [-0.2, 0) is 16.6 Å². The zero-order valence-electron chi connectivity index (χ0n) is 11.5. The number of hydrogen-bond donors (Lipinski definition) is 1. The van der Waals surface area contributed by atoms with Gasteiger partial charge in [-0.25, -0.2) is 27.5 Å². The van der Waals surface area contributed by atoms with Crippen molar-refractivity contribution in [3.63, 3.8) is 0 Å². The molecule has 1 heterocycles. The third kappa shape index (κ3) is 3.73. The standard InChI is InChI=1S/C13H14FN3O3S/c1-9-5-11(16-8-15-9)7-17-21(18,19)13-6-10(14)3-4-12(13)20-2/h3-6,8,17H,7H2,1-2H3. The van der Waals surface area contributed by atoms with Gasteiger partial charge in [0.2, 0.25) is 10.0 Å². The molecule has 2 aromatic rings. The minimum absolute atomic E-state index is 0.0225. The van der Waals surface area contributed by atoms with Crippen LogP contribution in [0.4, 0.5) is 4.39 Å². The highest BCUT2D eigenvalue weighted by Crippen LogP contribution is 2.24. The summed E-state index contributed by atoms with van der Waals surface area (Å²) >= 11 is 0. The zero-order valence-corrected chi connectivity index (χ0v) is 12.3. The molecule has 0 atom stereocenters. The number of aromatic nitrogens is 2. The van der Waals surface area contributed by atoms with E-state index in [0.717, 1.165) is 17.8 Å². The Labute approximate surface area is 122 Å². The average molecular weight is 311 g/mol. The predicted molar refractivity (Wildman–Crippen MR) is 73.7 cm³/mol. The van der Waals surface area contributed by atoms with E-state index in [1.807, 2.05) is 0 Å². The molecule has 0 unspecified atom stereocenters. The van der Waals surface area contributed by atoms with Crippen molar-refractivity contribution in [3.8, 4) is 5.75 Å². The molecule has 112 valence electrons. The normalized spacial score (nSPS) is 11.4. The van der Waals surface area contributed by atoms with Gasteiger partial charge in [-0.15, -0.1) is 0 Å². The van der Waals surface area contributed by atoms with Gasteiger partial charge in [0, 0.05) is 5.69 Å². The number of methoxy groups -OCH3 is 1. The Balaban J connectivity index is 2.24. The summed E-state index contributed by atoms with van der Waals surface area (Å²) in [6, 6.07) is 4.96. The number of rotatable bonds is 5. The topological polar surface area (TPSA) is 81.2 Å². The lowest BCUT2D eigenvalue weighted by atomic mass is 10.3. The fourth-order valence-corrected chi connectivity index (χ4v) is 2.89. The number of benzene rings is 1. The second-order valence-electron chi connectivity index (χ2n) is 4.27. The molecule has 1 aromatic heterocycles. The number of aryl methyl sites for hydroxylation is 1. The summed E-state index contributed by atoms with van der Waals surface area (Å²) < 4.78 is 45.0. The summed E-state index contributed by atoms with van der Waals surface area (Å²) in [5.74, 6) is -0.586. The summed E-state index contributed by atoms with van der Waals surface area (Å²) in [6.45, 7) is 1.75. The van der Waals surface area contributed by atoms with Crippen LogP contribution in [0.1, 0.15) is 11.4 Å². The van der Waals surface area contributed by atoms with Gasteiger partial charge in [-0.3, -0.25) is 0 Å². The smallest absolute Gasteiger partial charge is 0.244 e. The maximum absolute atomic E-state index is 13.3. The Morgan fingerprint density at radius 1 is 1.29 bits per heavy atom. The highest BCUT2D eigenvalue weighted by molar-refractivity contribution is 7.89. The van der Waals surface area contributed by atoms with Crippen LogP contribution in [0.25, 0.3) is 0 Å². The van der Waals surface area contributed by atoms with Crippen LogP contribution >= 0.6 is 0 Å². The lowest BCUT2D eigenvalue weighted by molar-refractivity contribution is 0.400. The van der Waals surface area contributed by atoms with E-state index in [-0.39, 0.29) is 17.2 Å². The molecule has 0 aliphatic rings. The van der Waals surface area contributed by atoms with Crippen LogP contribution in [0.15, 0.2) is 35.5 Å². The molecule has 1 aromatic carbocycles. The van der Waals surface area contributed by atoms with Crippen LogP contribution in [-0.4, -0.2) is 25.5 Å². The largest absolute Gasteiger partial charge is 0.495 e. The van der Waals surface area contributed by atoms with Crippen molar-refractivity contribution in [3.05, 3.63) is 47.8 Å². The highest BCUT2D eigenvalue weighted by Gasteiger charge is 2.20. The van der Waals surface area contributed by atoms with Crippen molar-refractivity contribution in [2.24, 2.45) is 0 Å². The predicted octanol–water partition coefficient (Wildman–Crippen LogP) is 1.41. The first kappa shape index (κ1) is 15.3. The molecule has 0 bridgehead atoms. The first-order valence-electron chi connectivity index (χ1n) is 6.03. The Morgan fingerprint density at radius 2 is 2.05 bits per heavy atom. The second-order valence-corrected chi connectivity index (χ2v) is 6.01. The molecule has 0 saturated carbocycles. The maximum Gasteiger partial charge on any atom is 0.244 e. The van der Waals surface area contributed by atoms with E-state index in [9.17, 15) is 12.8 Å². The Kier molecular flexibility index (Phi) is 4.49. The van der Waals surface area contributed by atoms with E-state index >= 15 is 0 Å². The van der Waals surface area contributed by atoms with Crippen molar-refractivity contribution < 1.29 is 17.5 Å². The van der Waals surface area contributed by atoms with Crippen molar-refractivity contribution in [1.82, 2.24) is 14.7 Å². The Hall–Kier alpha value is -2.06. The number of sulfonamides is 1. The number of nitrogens with one attached hydrogen (secondary N) is 1. The number of ether oxygens (including phenoxy) is 1. The molecule has 0 amide bonds. The molecule has 0 fully saturated rings. The lowest BCUT2D eigenvalue weighted by Crippen LogP contribution is -2.24. The summed E-state index contributed by atoms with van der Waals surface area (Å²) in [5.41, 5.74) is 1.24. The molecule has 8 heteroatoms. The molecule has 0 spiro atoms. The summed E-state index contributed by atoms with van der Waals surface area (Å²) in [5, 5.41) is 0. The van der Waals surface area contributed by atoms with Gasteiger partial charge in [0.25, 0.3) is 0 Å². The minimum atomic E-state index is -3.91. The summed E-state index contributed by atoms with van der Waals surface area (Å²) in [6.07, 6.45) is 1.35. The monoisotopic (exact) mass is 311 g/mol. The van der Waals surface area contributed by atoms with Gasteiger partial charge in [-0.05, 0) is 31.2 Å². The van der Waals surface area contributed by atoms with Gasteiger partial charge in [-0.1, -0.05) is 0 Å².